The van der Waals surface area contributed by atoms with E-state index in [2.05, 4.69) is 4.74 Å². The third-order valence-corrected chi connectivity index (χ3v) is 4.97. The van der Waals surface area contributed by atoms with Crippen LogP contribution in [0.3, 0.4) is 0 Å². The van der Waals surface area contributed by atoms with E-state index in [0.717, 1.165) is 5.56 Å². The summed E-state index contributed by atoms with van der Waals surface area (Å²) in [6.45, 7) is 4.98. The van der Waals surface area contributed by atoms with Crippen LogP contribution in [0.25, 0.3) is 0 Å². The van der Waals surface area contributed by atoms with Crippen LogP contribution in [0.1, 0.15) is 26.3 Å². The second kappa shape index (κ2) is 8.77. The molecule has 0 fully saturated rings. The molecule has 0 bridgehead atoms. The van der Waals surface area contributed by atoms with Crippen LogP contribution in [-0.2, 0) is 19.6 Å². The Morgan fingerprint density at radius 3 is 2.38 bits per heavy atom. The predicted molar refractivity (Wildman–Crippen MR) is 87.7 cm³/mol. The van der Waals surface area contributed by atoms with Crippen molar-refractivity contribution in [2.24, 2.45) is 5.73 Å². The maximum absolute atomic E-state index is 11.7. The fourth-order valence-electron chi connectivity index (χ4n) is 1.51. The summed E-state index contributed by atoms with van der Waals surface area (Å²) in [7, 11) is 0. The van der Waals surface area contributed by atoms with Gasteiger partial charge in [-0.3, -0.25) is 0 Å². The molecule has 0 aliphatic carbocycles. The second-order valence-corrected chi connectivity index (χ2v) is 8.09. The van der Waals surface area contributed by atoms with Crippen molar-refractivity contribution in [3.05, 3.63) is 39.9 Å². The standard InChI is InChI=1S/C15H20N2O6Se/c1-15(2,3)23-14(19)22-13(18)12(16)9-24-8-10-4-6-11(7-5-10)17(20)21/h4-7,12H,8-9,16H2,1-3H3/t12-/m0/s1. The van der Waals surface area contributed by atoms with Gasteiger partial charge in [0.15, 0.2) is 0 Å². The number of carbonyl (C=O) groups is 2. The Morgan fingerprint density at radius 2 is 1.88 bits per heavy atom. The molecule has 2 N–H and O–H groups in total. The third-order valence-electron chi connectivity index (χ3n) is 2.59. The summed E-state index contributed by atoms with van der Waals surface area (Å²) in [4.78, 5) is 33.2. The van der Waals surface area contributed by atoms with Crippen molar-refractivity contribution in [2.45, 2.75) is 43.1 Å². The molecule has 0 aliphatic rings. The summed E-state index contributed by atoms with van der Waals surface area (Å²) in [5, 5.41) is 11.6. The van der Waals surface area contributed by atoms with E-state index in [1.807, 2.05) is 0 Å². The average Bonchev–Trinajstić information content (AvgIpc) is 2.45. The topological polar surface area (TPSA) is 122 Å². The van der Waals surface area contributed by atoms with Crippen LogP contribution in [-0.4, -0.2) is 43.6 Å². The Hall–Kier alpha value is -1.96. The van der Waals surface area contributed by atoms with Crippen molar-refractivity contribution in [1.82, 2.24) is 0 Å². The van der Waals surface area contributed by atoms with Gasteiger partial charge < -0.3 is 0 Å². The number of esters is 1. The van der Waals surface area contributed by atoms with E-state index in [9.17, 15) is 19.7 Å². The molecule has 0 amide bonds. The molecular formula is C15H20N2O6Se. The van der Waals surface area contributed by atoms with E-state index in [-0.39, 0.29) is 20.6 Å². The Balaban J connectivity index is 2.37. The molecule has 1 rings (SSSR count). The number of hydrogen-bond donors (Lipinski definition) is 1. The molecule has 24 heavy (non-hydrogen) atoms. The molecule has 1 atom stereocenters. The van der Waals surface area contributed by atoms with Crippen LogP contribution < -0.4 is 5.73 Å². The normalized spacial score (nSPS) is 12.3. The second-order valence-electron chi connectivity index (χ2n) is 5.93. The van der Waals surface area contributed by atoms with Gasteiger partial charge in [0.1, 0.15) is 0 Å². The zero-order valence-electron chi connectivity index (χ0n) is 13.7. The molecule has 8 nitrogen and oxygen atoms in total. The number of rotatable bonds is 6. The minimum atomic E-state index is -1.06. The number of ether oxygens (including phenoxy) is 2. The van der Waals surface area contributed by atoms with E-state index in [1.54, 1.807) is 32.9 Å². The molecule has 0 aromatic heterocycles. The van der Waals surface area contributed by atoms with Gasteiger partial charge in [-0.25, -0.2) is 0 Å². The number of nitrogens with two attached hydrogens (primary N) is 1. The van der Waals surface area contributed by atoms with Crippen molar-refractivity contribution >= 4 is 32.8 Å². The predicted octanol–water partition coefficient (Wildman–Crippen LogP) is 2.02. The average molecular weight is 403 g/mol. The molecule has 0 spiro atoms. The molecule has 0 saturated heterocycles. The first-order valence-electron chi connectivity index (χ1n) is 7.10. The van der Waals surface area contributed by atoms with Crippen LogP contribution in [0.15, 0.2) is 24.3 Å². The van der Waals surface area contributed by atoms with Crippen LogP contribution >= 0.6 is 0 Å². The van der Waals surface area contributed by atoms with Crippen molar-refractivity contribution in [3.8, 4) is 0 Å². The Morgan fingerprint density at radius 1 is 1.29 bits per heavy atom. The quantitative estimate of drug-likeness (QED) is 0.254. The monoisotopic (exact) mass is 404 g/mol. The number of nitrogens with zero attached hydrogens (tertiary/aromatic N) is 1. The summed E-state index contributed by atoms with van der Waals surface area (Å²) in [5.74, 6) is -0.824. The molecule has 0 saturated carbocycles. The van der Waals surface area contributed by atoms with Gasteiger partial charge in [-0.1, -0.05) is 0 Å². The first-order chi connectivity index (χ1) is 11.1. The Bertz CT molecular complexity index is 597. The van der Waals surface area contributed by atoms with Crippen molar-refractivity contribution in [1.29, 1.82) is 0 Å². The summed E-state index contributed by atoms with van der Waals surface area (Å²) in [6, 6.07) is 5.30. The molecule has 1 aromatic rings. The molecular weight excluding hydrogens is 383 g/mol. The van der Waals surface area contributed by atoms with Gasteiger partial charge in [-0.2, -0.15) is 0 Å². The van der Waals surface area contributed by atoms with E-state index < -0.39 is 28.7 Å². The number of non-ortho nitro benzene ring substituents is 1. The third kappa shape index (κ3) is 7.54. The van der Waals surface area contributed by atoms with Gasteiger partial charge >= 0.3 is 145 Å². The SMILES string of the molecule is CC(C)(C)OC(=O)OC(=O)[C@@H](N)C[Se]Cc1ccc([N+](=O)[O-])cc1. The van der Waals surface area contributed by atoms with Gasteiger partial charge in [-0.05, 0) is 0 Å². The van der Waals surface area contributed by atoms with E-state index in [4.69, 9.17) is 10.5 Å². The van der Waals surface area contributed by atoms with Crippen molar-refractivity contribution in [2.75, 3.05) is 0 Å². The number of nitro benzene ring substituents is 1. The Labute approximate surface area is 146 Å². The summed E-state index contributed by atoms with van der Waals surface area (Å²) >= 11 is -0.0114. The molecule has 0 heterocycles. The molecule has 0 unspecified atom stereocenters. The first kappa shape index (κ1) is 20.1. The molecule has 1 aromatic carbocycles. The zero-order chi connectivity index (χ0) is 18.3. The first-order valence-corrected chi connectivity index (χ1v) is 9.52. The minimum absolute atomic E-state index is 0.0114. The van der Waals surface area contributed by atoms with Gasteiger partial charge in [0.25, 0.3) is 0 Å². The molecule has 132 valence electrons. The number of nitro groups is 1. The van der Waals surface area contributed by atoms with Gasteiger partial charge in [0, 0.05) is 0 Å². The van der Waals surface area contributed by atoms with Crippen LogP contribution in [0.5, 0.6) is 0 Å². The van der Waals surface area contributed by atoms with Crippen LogP contribution in [0.2, 0.25) is 5.32 Å². The Kier molecular flexibility index (Phi) is 7.34. The van der Waals surface area contributed by atoms with Crippen molar-refractivity contribution < 1.29 is 24.0 Å². The van der Waals surface area contributed by atoms with Crippen molar-refractivity contribution in [3.63, 3.8) is 0 Å². The molecule has 9 heteroatoms. The molecule has 0 radical (unpaired) electrons. The van der Waals surface area contributed by atoms with Gasteiger partial charge in [-0.15, -0.1) is 0 Å². The van der Waals surface area contributed by atoms with Crippen LogP contribution in [0.4, 0.5) is 10.5 Å². The summed E-state index contributed by atoms with van der Waals surface area (Å²) in [5.41, 5.74) is 5.91. The number of carbonyl (C=O) groups excluding carboxylic acids is 2. The van der Waals surface area contributed by atoms with Gasteiger partial charge in [0.2, 0.25) is 0 Å². The fourth-order valence-corrected chi connectivity index (χ4v) is 3.48. The summed E-state index contributed by atoms with van der Waals surface area (Å²) in [6.07, 6.45) is -1.06. The van der Waals surface area contributed by atoms with E-state index in [1.165, 1.54) is 12.1 Å². The van der Waals surface area contributed by atoms with Crippen LogP contribution in [0, 0.1) is 10.1 Å². The zero-order valence-corrected chi connectivity index (χ0v) is 15.4. The summed E-state index contributed by atoms with van der Waals surface area (Å²) < 4.78 is 9.42. The van der Waals surface area contributed by atoms with E-state index >= 15 is 0 Å². The van der Waals surface area contributed by atoms with E-state index in [0.29, 0.717) is 10.6 Å². The molecule has 0 aliphatic heterocycles. The number of benzene rings is 1. The van der Waals surface area contributed by atoms with Gasteiger partial charge in [0.05, 0.1) is 0 Å². The maximum atomic E-state index is 11.7. The number of hydrogen-bond acceptors (Lipinski definition) is 7. The fraction of sp³-hybridized carbons (Fsp3) is 0.467.